The van der Waals surface area contributed by atoms with E-state index < -0.39 is 34.9 Å². The Morgan fingerprint density at radius 1 is 1.10 bits per heavy atom. The van der Waals surface area contributed by atoms with Crippen LogP contribution in [0.15, 0.2) is 18.2 Å². The quantitative estimate of drug-likeness (QED) is 0.274. The minimum absolute atomic E-state index is 0.0115. The van der Waals surface area contributed by atoms with Crippen molar-refractivity contribution >= 4 is 5.91 Å². The van der Waals surface area contributed by atoms with Crippen molar-refractivity contribution in [3.63, 3.8) is 0 Å². The Kier molecular flexibility index (Phi) is 8.95. The Labute approximate surface area is 293 Å². The van der Waals surface area contributed by atoms with Crippen LogP contribution in [0.4, 0.5) is 8.78 Å². The first-order valence-corrected chi connectivity index (χ1v) is 18.3. The highest BCUT2D eigenvalue weighted by atomic mass is 19.3. The number of alkyl halides is 2. The molecular weight excluding hydrogens is 604 g/mol. The average molecular weight is 671 g/mol. The zero-order valence-electron chi connectivity index (χ0n) is 34.6. The van der Waals surface area contributed by atoms with Gasteiger partial charge in [-0.2, -0.15) is 0 Å². The maximum Gasteiger partial charge on any atom is 0.250 e. The first-order chi connectivity index (χ1) is 23.3. The molecule has 1 amide bonds. The van der Waals surface area contributed by atoms with Gasteiger partial charge in [0.25, 0.3) is 5.92 Å². The average Bonchev–Trinajstić information content (AvgIpc) is 3.55. The fraction of sp³-hybridized carbons (Fsp3) is 0.775. The number of rotatable bonds is 10. The molecule has 2 aromatic rings. The molecule has 3 aliphatic rings. The van der Waals surface area contributed by atoms with Crippen LogP contribution >= 0.6 is 0 Å². The predicted octanol–water partition coefficient (Wildman–Crippen LogP) is 9.51. The summed E-state index contributed by atoms with van der Waals surface area (Å²) in [6.45, 7) is 24.3. The van der Waals surface area contributed by atoms with Crippen molar-refractivity contribution in [2.45, 2.75) is 176 Å². The Morgan fingerprint density at radius 2 is 1.79 bits per heavy atom. The normalized spacial score (nSPS) is 32.4. The number of carbonyl (C=O) groups is 1. The van der Waals surface area contributed by atoms with Crippen molar-refractivity contribution < 1.29 is 17.7 Å². The Balaban J connectivity index is 1.52. The number of nitrogens with zero attached hydrogens (tertiary/aromatic N) is 4. The summed E-state index contributed by atoms with van der Waals surface area (Å²) in [6, 6.07) is 6.14. The molecule has 5 rings (SSSR count). The summed E-state index contributed by atoms with van der Waals surface area (Å²) in [6.07, 6.45) is 1.34. The molecule has 5 unspecified atom stereocenters. The van der Waals surface area contributed by atoms with Crippen LogP contribution in [0.25, 0.3) is 0 Å². The monoisotopic (exact) mass is 671 g/mol. The lowest BCUT2D eigenvalue weighted by Gasteiger charge is -2.52. The Bertz CT molecular complexity index is 1620. The second-order valence-electron chi connectivity index (χ2n) is 17.2. The third-order valence-electron chi connectivity index (χ3n) is 13.2. The number of nitrogens with one attached hydrogen (secondary N) is 1. The smallest absolute Gasteiger partial charge is 0.250 e. The summed E-state index contributed by atoms with van der Waals surface area (Å²) in [4.78, 5) is 17.0. The van der Waals surface area contributed by atoms with Crippen molar-refractivity contribution in [3.8, 4) is 0 Å². The van der Waals surface area contributed by atoms with Crippen LogP contribution in [0.1, 0.15) is 165 Å². The van der Waals surface area contributed by atoms with Gasteiger partial charge in [-0.1, -0.05) is 80.5 Å². The molecule has 0 spiro atoms. The highest BCUT2D eigenvalue weighted by molar-refractivity contribution is 5.83. The van der Waals surface area contributed by atoms with E-state index in [0.29, 0.717) is 12.2 Å². The summed E-state index contributed by atoms with van der Waals surface area (Å²) < 4.78 is 57.5. The molecule has 8 atom stereocenters. The first-order valence-electron chi connectivity index (χ1n) is 19.8. The van der Waals surface area contributed by atoms with Crippen LogP contribution in [0.3, 0.4) is 0 Å². The molecule has 48 heavy (non-hydrogen) atoms. The number of piperidine rings is 1. The maximum absolute atomic E-state index is 14.6. The van der Waals surface area contributed by atoms with Crippen LogP contribution in [-0.4, -0.2) is 49.6 Å². The number of aryl methyl sites for hydroxylation is 2. The van der Waals surface area contributed by atoms with Crippen molar-refractivity contribution in [2.75, 3.05) is 0 Å². The van der Waals surface area contributed by atoms with Crippen LogP contribution in [-0.2, 0) is 11.2 Å². The maximum atomic E-state index is 14.6. The molecule has 2 saturated heterocycles. The van der Waals surface area contributed by atoms with Gasteiger partial charge in [-0.3, -0.25) is 9.69 Å². The molecule has 6 nitrogen and oxygen atoms in total. The van der Waals surface area contributed by atoms with E-state index >= 15 is 0 Å². The van der Waals surface area contributed by atoms with Crippen molar-refractivity contribution in [3.05, 3.63) is 46.5 Å². The van der Waals surface area contributed by atoms with E-state index in [1.54, 1.807) is 6.92 Å². The molecule has 1 aromatic carbocycles. The van der Waals surface area contributed by atoms with E-state index in [1.807, 2.05) is 31.4 Å². The van der Waals surface area contributed by atoms with E-state index in [9.17, 15) is 13.6 Å². The van der Waals surface area contributed by atoms with Gasteiger partial charge in [0.2, 0.25) is 5.91 Å². The minimum Gasteiger partial charge on any atom is -0.348 e. The number of benzene rings is 1. The van der Waals surface area contributed by atoms with Crippen molar-refractivity contribution in [2.24, 2.45) is 22.2 Å². The molecule has 268 valence electrons. The van der Waals surface area contributed by atoms with Gasteiger partial charge < -0.3 is 9.88 Å². The lowest BCUT2D eigenvalue weighted by molar-refractivity contribution is -0.147. The van der Waals surface area contributed by atoms with Crippen LogP contribution in [0, 0.1) is 36.0 Å². The van der Waals surface area contributed by atoms with Gasteiger partial charge in [0.1, 0.15) is 11.6 Å². The molecule has 0 radical (unpaired) electrons. The fourth-order valence-electron chi connectivity index (χ4n) is 9.38. The summed E-state index contributed by atoms with van der Waals surface area (Å²) >= 11 is 0. The highest BCUT2D eigenvalue weighted by Gasteiger charge is 2.57. The molecule has 3 heterocycles. The SMILES string of the molecule is [2H]C([2H])(C)c1nnc(C([2H])(C)CC)n1[C@H]1CC2CC(C)(C)[C@H](C1)N2C(C)C(C)(C)[C@H](NC(=O)C1(C)CCC(F)(F)C(C)C1)c1cccc(C)c1C. The van der Waals surface area contributed by atoms with Gasteiger partial charge >= 0.3 is 0 Å². The zero-order chi connectivity index (χ0) is 38.3. The number of fused-ring (bicyclic) bond motifs is 2. The Morgan fingerprint density at radius 3 is 2.40 bits per heavy atom. The number of aromatic nitrogens is 3. The molecule has 1 saturated carbocycles. The first kappa shape index (κ1) is 32.8. The van der Waals surface area contributed by atoms with Crippen molar-refractivity contribution in [1.29, 1.82) is 0 Å². The van der Waals surface area contributed by atoms with Gasteiger partial charge in [0.15, 0.2) is 0 Å². The van der Waals surface area contributed by atoms with E-state index in [-0.39, 0.29) is 66.6 Å². The summed E-state index contributed by atoms with van der Waals surface area (Å²) in [5.41, 5.74) is 1.91. The van der Waals surface area contributed by atoms with E-state index in [0.717, 1.165) is 36.0 Å². The number of carbonyl (C=O) groups excluding carboxylic acids is 1. The van der Waals surface area contributed by atoms with E-state index in [4.69, 9.17) is 4.11 Å². The standard InChI is InChI=1S/C40H63F2N5O/c1-13-24(3)35-45-44-33(14-2)47(35)29-20-30-23-37(8,9)32(21-29)46(30)28(7)38(10,11)34(31-17-15-16-25(4)27(31)6)43-36(48)39(12)18-19-40(41,42)26(5)22-39/h15-17,24,26,28-30,32,34H,13-14,18-23H2,1-12H3,(H,43,48)/t24?,26?,28?,29-,30?,32-,34+,39?/m0/s1/i14D2,24D. The highest BCUT2D eigenvalue weighted by Crippen LogP contribution is 2.55. The largest absolute Gasteiger partial charge is 0.348 e. The number of hydrogen-bond acceptors (Lipinski definition) is 4. The van der Waals surface area contributed by atoms with E-state index in [1.165, 1.54) is 6.92 Å². The third kappa shape index (κ3) is 6.37. The molecule has 1 aliphatic carbocycles. The van der Waals surface area contributed by atoms with Gasteiger partial charge in [-0.25, -0.2) is 8.78 Å². The molecule has 2 aliphatic heterocycles. The van der Waals surface area contributed by atoms with Gasteiger partial charge in [0, 0.05) is 63.7 Å². The van der Waals surface area contributed by atoms with Crippen molar-refractivity contribution in [1.82, 2.24) is 25.0 Å². The number of halogens is 2. The molecular formula is C40H63F2N5O. The van der Waals surface area contributed by atoms with Crippen LogP contribution in [0.2, 0.25) is 0 Å². The summed E-state index contributed by atoms with van der Waals surface area (Å²) in [5.74, 6) is -3.98. The molecule has 3 fully saturated rings. The topological polar surface area (TPSA) is 63.1 Å². The third-order valence-corrected chi connectivity index (χ3v) is 13.2. The molecule has 8 heteroatoms. The zero-order valence-corrected chi connectivity index (χ0v) is 31.6. The summed E-state index contributed by atoms with van der Waals surface area (Å²) in [7, 11) is 0. The minimum atomic E-state index is -2.76. The number of hydrogen-bond donors (Lipinski definition) is 1. The van der Waals surface area contributed by atoms with Gasteiger partial charge in [0.05, 0.1) is 6.04 Å². The second-order valence-corrected chi connectivity index (χ2v) is 17.2. The van der Waals surface area contributed by atoms with E-state index in [2.05, 4.69) is 81.0 Å². The number of amides is 1. The van der Waals surface area contributed by atoms with Gasteiger partial charge in [-0.15, -0.1) is 10.2 Å². The van der Waals surface area contributed by atoms with Crippen LogP contribution in [0.5, 0.6) is 0 Å². The lowest BCUT2D eigenvalue weighted by atomic mass is 9.67. The fourth-order valence-corrected chi connectivity index (χ4v) is 9.38. The summed E-state index contributed by atoms with van der Waals surface area (Å²) in [5, 5.41) is 12.3. The molecule has 1 N–H and O–H groups in total. The molecule has 2 bridgehead atoms. The molecule has 1 aromatic heterocycles. The lowest BCUT2D eigenvalue weighted by Crippen LogP contribution is -2.58. The Hall–Kier alpha value is -2.35. The predicted molar refractivity (Wildman–Crippen MR) is 190 cm³/mol. The van der Waals surface area contributed by atoms with Gasteiger partial charge in [-0.05, 0) is 81.4 Å². The van der Waals surface area contributed by atoms with Crippen LogP contribution < -0.4 is 5.32 Å². The second kappa shape index (κ2) is 13.1.